The molecule has 1 unspecified atom stereocenters. The first-order valence-electron chi connectivity index (χ1n) is 7.85. The Hall–Kier alpha value is -0.730. The maximum atomic E-state index is 6.32. The third-order valence-electron chi connectivity index (χ3n) is 3.53. The van der Waals surface area contributed by atoms with Crippen LogP contribution in [0.15, 0.2) is 12.1 Å². The molecule has 21 heavy (non-hydrogen) atoms. The van der Waals surface area contributed by atoms with E-state index in [4.69, 9.17) is 16.3 Å². The lowest BCUT2D eigenvalue weighted by molar-refractivity contribution is 0.180. The number of benzene rings is 1. The number of nitrogens with one attached hydrogen (secondary N) is 1. The molecule has 3 heteroatoms. The van der Waals surface area contributed by atoms with Crippen LogP contribution in [-0.2, 0) is 0 Å². The summed E-state index contributed by atoms with van der Waals surface area (Å²) in [4.78, 5) is 0. The van der Waals surface area contributed by atoms with Crippen molar-refractivity contribution < 1.29 is 4.74 Å². The molecule has 0 heterocycles. The molecule has 1 atom stereocenters. The fourth-order valence-corrected chi connectivity index (χ4v) is 2.54. The van der Waals surface area contributed by atoms with Crippen molar-refractivity contribution >= 4 is 11.6 Å². The highest BCUT2D eigenvalue weighted by Gasteiger charge is 2.16. The van der Waals surface area contributed by atoms with E-state index < -0.39 is 0 Å². The molecule has 120 valence electrons. The number of hydrogen-bond donors (Lipinski definition) is 1. The molecular weight excluding hydrogens is 282 g/mol. The molecule has 0 saturated carbocycles. The van der Waals surface area contributed by atoms with Crippen LogP contribution in [0.1, 0.15) is 65.0 Å². The van der Waals surface area contributed by atoms with Gasteiger partial charge in [-0.3, -0.25) is 0 Å². The van der Waals surface area contributed by atoms with E-state index >= 15 is 0 Å². The molecule has 0 bridgehead atoms. The van der Waals surface area contributed by atoms with Crippen LogP contribution in [0.4, 0.5) is 0 Å². The van der Waals surface area contributed by atoms with E-state index in [2.05, 4.69) is 59.8 Å². The van der Waals surface area contributed by atoms with Crippen molar-refractivity contribution in [1.82, 2.24) is 5.32 Å². The van der Waals surface area contributed by atoms with Gasteiger partial charge < -0.3 is 10.1 Å². The number of rotatable bonds is 6. The number of aryl methyl sites for hydroxylation is 1. The van der Waals surface area contributed by atoms with E-state index in [1.54, 1.807) is 0 Å². The second kappa shape index (κ2) is 7.51. The molecule has 1 aromatic carbocycles. The molecule has 0 spiro atoms. The first-order valence-corrected chi connectivity index (χ1v) is 8.23. The zero-order chi connectivity index (χ0) is 16.2. The Labute approximate surface area is 135 Å². The van der Waals surface area contributed by atoms with Crippen LogP contribution in [0, 0.1) is 6.92 Å². The Morgan fingerprint density at radius 1 is 1.24 bits per heavy atom. The summed E-state index contributed by atoms with van der Waals surface area (Å²) >= 11 is 6.32. The lowest BCUT2D eigenvalue weighted by Crippen LogP contribution is -2.42. The minimum absolute atomic E-state index is 0.106. The van der Waals surface area contributed by atoms with Gasteiger partial charge in [-0.1, -0.05) is 32.4 Å². The van der Waals surface area contributed by atoms with E-state index in [9.17, 15) is 0 Å². The number of halogens is 1. The summed E-state index contributed by atoms with van der Waals surface area (Å²) in [6.45, 7) is 15.9. The van der Waals surface area contributed by atoms with Crippen LogP contribution in [0.25, 0.3) is 0 Å². The second-order valence-corrected chi connectivity index (χ2v) is 7.48. The standard InChI is InChI=1S/C18H30ClNO/c1-8-14(11-20-18(5,6)7)21-17-10-15(12(2)3)16(19)9-13(17)4/h9-10,12,14,20H,8,11H2,1-7H3. The van der Waals surface area contributed by atoms with E-state index in [0.717, 1.165) is 34.9 Å². The van der Waals surface area contributed by atoms with Gasteiger partial charge in [0, 0.05) is 17.1 Å². The van der Waals surface area contributed by atoms with Gasteiger partial charge in [-0.15, -0.1) is 0 Å². The topological polar surface area (TPSA) is 21.3 Å². The molecule has 0 aliphatic rings. The zero-order valence-corrected chi connectivity index (χ0v) is 15.3. The molecular formula is C18H30ClNO. The smallest absolute Gasteiger partial charge is 0.123 e. The van der Waals surface area contributed by atoms with Gasteiger partial charge in [0.05, 0.1) is 0 Å². The predicted molar refractivity (Wildman–Crippen MR) is 92.7 cm³/mol. The molecule has 0 radical (unpaired) electrons. The molecule has 0 aliphatic heterocycles. The Bertz CT molecular complexity index is 463. The summed E-state index contributed by atoms with van der Waals surface area (Å²) < 4.78 is 6.21. The highest BCUT2D eigenvalue weighted by molar-refractivity contribution is 6.31. The van der Waals surface area contributed by atoms with E-state index in [1.807, 2.05) is 6.07 Å². The molecule has 0 fully saturated rings. The fourth-order valence-electron chi connectivity index (χ4n) is 2.11. The van der Waals surface area contributed by atoms with Crippen molar-refractivity contribution in [3.8, 4) is 5.75 Å². The number of ether oxygens (including phenoxy) is 1. The third-order valence-corrected chi connectivity index (χ3v) is 3.85. The quantitative estimate of drug-likeness (QED) is 0.768. The average molecular weight is 312 g/mol. The molecule has 0 aliphatic carbocycles. The van der Waals surface area contributed by atoms with E-state index in [1.165, 1.54) is 0 Å². The van der Waals surface area contributed by atoms with Crippen molar-refractivity contribution in [3.05, 3.63) is 28.3 Å². The van der Waals surface area contributed by atoms with Gasteiger partial charge in [-0.2, -0.15) is 0 Å². The monoisotopic (exact) mass is 311 g/mol. The van der Waals surface area contributed by atoms with Gasteiger partial charge in [0.15, 0.2) is 0 Å². The summed E-state index contributed by atoms with van der Waals surface area (Å²) in [5, 5.41) is 4.34. The molecule has 1 aromatic rings. The molecule has 0 saturated heterocycles. The van der Waals surface area contributed by atoms with Gasteiger partial charge in [-0.05, 0) is 63.3 Å². The zero-order valence-electron chi connectivity index (χ0n) is 14.5. The summed E-state index contributed by atoms with van der Waals surface area (Å²) in [6.07, 6.45) is 1.14. The van der Waals surface area contributed by atoms with Gasteiger partial charge in [-0.25, -0.2) is 0 Å². The van der Waals surface area contributed by atoms with Gasteiger partial charge >= 0.3 is 0 Å². The van der Waals surface area contributed by atoms with Crippen molar-refractivity contribution in [1.29, 1.82) is 0 Å². The Morgan fingerprint density at radius 2 is 1.86 bits per heavy atom. The predicted octanol–water partition coefficient (Wildman–Crippen LogP) is 5.32. The molecule has 1 N–H and O–H groups in total. The molecule has 2 nitrogen and oxygen atoms in total. The Kier molecular flexibility index (Phi) is 6.55. The largest absolute Gasteiger partial charge is 0.489 e. The highest BCUT2D eigenvalue weighted by Crippen LogP contribution is 2.32. The van der Waals surface area contributed by atoms with E-state index in [-0.39, 0.29) is 11.6 Å². The summed E-state index contributed by atoms with van der Waals surface area (Å²) in [5.41, 5.74) is 2.35. The van der Waals surface area contributed by atoms with Crippen molar-refractivity contribution in [2.24, 2.45) is 0 Å². The first-order chi connectivity index (χ1) is 9.64. The van der Waals surface area contributed by atoms with Crippen LogP contribution in [0.2, 0.25) is 5.02 Å². The highest BCUT2D eigenvalue weighted by atomic mass is 35.5. The van der Waals surface area contributed by atoms with Crippen molar-refractivity contribution in [3.63, 3.8) is 0 Å². The fraction of sp³-hybridized carbons (Fsp3) is 0.667. The van der Waals surface area contributed by atoms with Crippen LogP contribution >= 0.6 is 11.6 Å². The number of hydrogen-bond acceptors (Lipinski definition) is 2. The van der Waals surface area contributed by atoms with Gasteiger partial charge in [0.1, 0.15) is 11.9 Å². The SMILES string of the molecule is CCC(CNC(C)(C)C)Oc1cc(C(C)C)c(Cl)cc1C. The normalized spacial score (nSPS) is 13.6. The summed E-state index contributed by atoms with van der Waals surface area (Å²) in [6, 6.07) is 4.11. The maximum Gasteiger partial charge on any atom is 0.123 e. The maximum absolute atomic E-state index is 6.32. The minimum Gasteiger partial charge on any atom is -0.489 e. The third kappa shape index (κ3) is 5.88. The van der Waals surface area contributed by atoms with Crippen LogP contribution < -0.4 is 10.1 Å². The van der Waals surface area contributed by atoms with Crippen LogP contribution in [0.5, 0.6) is 5.75 Å². The molecule has 1 rings (SSSR count). The van der Waals surface area contributed by atoms with Crippen molar-refractivity contribution in [2.75, 3.05) is 6.54 Å². The van der Waals surface area contributed by atoms with E-state index in [0.29, 0.717) is 5.92 Å². The Morgan fingerprint density at radius 3 is 2.33 bits per heavy atom. The van der Waals surface area contributed by atoms with Gasteiger partial charge in [0.2, 0.25) is 0 Å². The Balaban J connectivity index is 2.87. The molecule has 0 amide bonds. The van der Waals surface area contributed by atoms with Crippen molar-refractivity contribution in [2.45, 2.75) is 72.4 Å². The first kappa shape index (κ1) is 18.3. The van der Waals surface area contributed by atoms with Crippen LogP contribution in [-0.4, -0.2) is 18.2 Å². The lowest BCUT2D eigenvalue weighted by Gasteiger charge is -2.26. The lowest BCUT2D eigenvalue weighted by atomic mass is 10.0. The minimum atomic E-state index is 0.106. The van der Waals surface area contributed by atoms with Crippen LogP contribution in [0.3, 0.4) is 0 Å². The molecule has 0 aromatic heterocycles. The average Bonchev–Trinajstić information content (AvgIpc) is 2.35. The summed E-state index contributed by atoms with van der Waals surface area (Å²) in [7, 11) is 0. The van der Waals surface area contributed by atoms with Gasteiger partial charge in [0.25, 0.3) is 0 Å². The summed E-state index contributed by atoms with van der Waals surface area (Å²) in [5.74, 6) is 1.35. The second-order valence-electron chi connectivity index (χ2n) is 7.07.